The Hall–Kier alpha value is -0.820. The van der Waals surface area contributed by atoms with E-state index in [4.69, 9.17) is 0 Å². The van der Waals surface area contributed by atoms with Gasteiger partial charge in [-0.3, -0.25) is 0 Å². The van der Waals surface area contributed by atoms with E-state index in [0.717, 1.165) is 6.54 Å². The van der Waals surface area contributed by atoms with Gasteiger partial charge >= 0.3 is 0 Å². The molecule has 0 saturated heterocycles. The molecule has 15 heavy (non-hydrogen) atoms. The summed E-state index contributed by atoms with van der Waals surface area (Å²) in [6.07, 6.45) is 9.22. The molecule has 0 spiro atoms. The van der Waals surface area contributed by atoms with Crippen LogP contribution in [0.5, 0.6) is 0 Å². The van der Waals surface area contributed by atoms with Crippen LogP contribution in [0.4, 0.5) is 0 Å². The van der Waals surface area contributed by atoms with Gasteiger partial charge in [-0.1, -0.05) is 50.3 Å². The second-order valence-electron chi connectivity index (χ2n) is 4.19. The summed E-state index contributed by atoms with van der Waals surface area (Å²) in [6, 6.07) is 0. The third-order valence-corrected chi connectivity index (χ3v) is 2.57. The molecule has 1 unspecified atom stereocenters. The van der Waals surface area contributed by atoms with Crippen molar-refractivity contribution in [2.24, 2.45) is 5.92 Å². The number of hydrogen-bond donors (Lipinski definition) is 0. The average molecular weight is 207 g/mol. The highest BCUT2D eigenvalue weighted by molar-refractivity contribution is 5.15. The predicted octanol–water partition coefficient (Wildman–Crippen LogP) is 3.65. The molecule has 0 rings (SSSR count). The van der Waals surface area contributed by atoms with Crippen LogP contribution < -0.4 is 0 Å². The van der Waals surface area contributed by atoms with Gasteiger partial charge in [0.25, 0.3) is 0 Å². The van der Waals surface area contributed by atoms with Crippen molar-refractivity contribution in [2.75, 3.05) is 20.1 Å². The monoisotopic (exact) mass is 207 g/mol. The van der Waals surface area contributed by atoms with Crippen LogP contribution in [0, 0.1) is 5.92 Å². The Morgan fingerprint density at radius 1 is 1.40 bits per heavy atom. The molecule has 0 N–H and O–H groups in total. The molecule has 0 amide bonds. The van der Waals surface area contributed by atoms with Gasteiger partial charge in [0.05, 0.1) is 0 Å². The van der Waals surface area contributed by atoms with Gasteiger partial charge in [0, 0.05) is 6.54 Å². The second-order valence-corrected chi connectivity index (χ2v) is 4.19. The minimum atomic E-state index is 0.621. The van der Waals surface area contributed by atoms with Crippen molar-refractivity contribution in [2.45, 2.75) is 27.2 Å². The van der Waals surface area contributed by atoms with Crippen LogP contribution in [-0.4, -0.2) is 25.0 Å². The number of hydrogen-bond acceptors (Lipinski definition) is 1. The standard InChI is InChI=1S/C14H25N/c1-6-8-9-10-13(3)14(4)12-15(5)11-7-2/h6,8-10,14H,1,7,11-12H2,2-5H3/b9-8-,13-10+. The van der Waals surface area contributed by atoms with Crippen LogP contribution in [-0.2, 0) is 0 Å². The van der Waals surface area contributed by atoms with Crippen LogP contribution in [0.1, 0.15) is 27.2 Å². The van der Waals surface area contributed by atoms with E-state index in [1.54, 1.807) is 6.08 Å². The lowest BCUT2D eigenvalue weighted by atomic mass is 10.0. The molecule has 0 aliphatic carbocycles. The molecule has 1 heteroatoms. The lowest BCUT2D eigenvalue weighted by Crippen LogP contribution is -2.25. The largest absolute Gasteiger partial charge is 0.306 e. The van der Waals surface area contributed by atoms with Crippen molar-refractivity contribution in [1.82, 2.24) is 4.90 Å². The summed E-state index contributed by atoms with van der Waals surface area (Å²) >= 11 is 0. The van der Waals surface area contributed by atoms with Crippen molar-refractivity contribution in [3.8, 4) is 0 Å². The molecule has 1 atom stereocenters. The summed E-state index contributed by atoms with van der Waals surface area (Å²) < 4.78 is 0. The summed E-state index contributed by atoms with van der Waals surface area (Å²) in [4.78, 5) is 2.39. The first-order valence-corrected chi connectivity index (χ1v) is 5.76. The fraction of sp³-hybridized carbons (Fsp3) is 0.571. The Balaban J connectivity index is 4.07. The normalized spacial score (nSPS) is 14.9. The van der Waals surface area contributed by atoms with Crippen LogP contribution in [0.2, 0.25) is 0 Å². The minimum Gasteiger partial charge on any atom is -0.306 e. The van der Waals surface area contributed by atoms with Crippen LogP contribution in [0.25, 0.3) is 0 Å². The third-order valence-electron chi connectivity index (χ3n) is 2.57. The Morgan fingerprint density at radius 2 is 2.07 bits per heavy atom. The number of allylic oxidation sites excluding steroid dienone is 4. The van der Waals surface area contributed by atoms with E-state index in [2.05, 4.69) is 51.4 Å². The molecule has 0 aromatic rings. The SMILES string of the molecule is C=C/C=C\C=C(/C)C(C)CN(C)CCC. The topological polar surface area (TPSA) is 3.24 Å². The Morgan fingerprint density at radius 3 is 2.60 bits per heavy atom. The maximum absolute atomic E-state index is 3.65. The fourth-order valence-corrected chi connectivity index (χ4v) is 1.53. The van der Waals surface area contributed by atoms with Crippen LogP contribution in [0.3, 0.4) is 0 Å². The van der Waals surface area contributed by atoms with Gasteiger partial charge in [0.2, 0.25) is 0 Å². The molecular formula is C14H25N. The van der Waals surface area contributed by atoms with E-state index in [1.165, 1.54) is 18.5 Å². The zero-order chi connectivity index (χ0) is 11.7. The van der Waals surface area contributed by atoms with Gasteiger partial charge < -0.3 is 4.90 Å². The van der Waals surface area contributed by atoms with Crippen molar-refractivity contribution in [3.63, 3.8) is 0 Å². The minimum absolute atomic E-state index is 0.621. The van der Waals surface area contributed by atoms with Gasteiger partial charge in [0.1, 0.15) is 0 Å². The summed E-state index contributed by atoms with van der Waals surface area (Å²) in [6.45, 7) is 12.7. The Bertz CT molecular complexity index is 225. The summed E-state index contributed by atoms with van der Waals surface area (Å²) in [5, 5.41) is 0. The zero-order valence-corrected chi connectivity index (χ0v) is 10.7. The highest BCUT2D eigenvalue weighted by Gasteiger charge is 2.06. The number of rotatable bonds is 7. The lowest BCUT2D eigenvalue weighted by Gasteiger charge is -2.21. The molecule has 0 saturated carbocycles. The number of nitrogens with zero attached hydrogens (tertiary/aromatic N) is 1. The maximum atomic E-state index is 3.65. The molecule has 0 fully saturated rings. The van der Waals surface area contributed by atoms with Crippen molar-refractivity contribution in [1.29, 1.82) is 0 Å². The molecule has 1 nitrogen and oxygen atoms in total. The molecule has 0 aliphatic heterocycles. The van der Waals surface area contributed by atoms with E-state index in [-0.39, 0.29) is 0 Å². The molecule has 0 aromatic heterocycles. The molecule has 0 aliphatic rings. The quantitative estimate of drug-likeness (QED) is 0.576. The first-order chi connectivity index (χ1) is 7.11. The zero-order valence-electron chi connectivity index (χ0n) is 10.7. The predicted molar refractivity (Wildman–Crippen MR) is 70.0 cm³/mol. The first-order valence-electron chi connectivity index (χ1n) is 5.76. The molecular weight excluding hydrogens is 182 g/mol. The van der Waals surface area contributed by atoms with E-state index in [1.807, 2.05) is 6.08 Å². The summed E-state index contributed by atoms with van der Waals surface area (Å²) in [5.74, 6) is 0.621. The van der Waals surface area contributed by atoms with E-state index >= 15 is 0 Å². The summed E-state index contributed by atoms with van der Waals surface area (Å²) in [5.41, 5.74) is 1.43. The smallest absolute Gasteiger partial charge is 0.00413 e. The van der Waals surface area contributed by atoms with E-state index in [0.29, 0.717) is 5.92 Å². The Kier molecular flexibility index (Phi) is 8.02. The van der Waals surface area contributed by atoms with E-state index < -0.39 is 0 Å². The highest BCUT2D eigenvalue weighted by atomic mass is 15.1. The van der Waals surface area contributed by atoms with Gasteiger partial charge in [-0.05, 0) is 32.9 Å². The molecule has 0 radical (unpaired) electrons. The van der Waals surface area contributed by atoms with Crippen molar-refractivity contribution in [3.05, 3.63) is 36.5 Å². The second kappa shape index (κ2) is 8.49. The van der Waals surface area contributed by atoms with Gasteiger partial charge in [-0.2, -0.15) is 0 Å². The Labute approximate surface area is 95.2 Å². The first kappa shape index (κ1) is 14.2. The van der Waals surface area contributed by atoms with Crippen LogP contribution in [0.15, 0.2) is 36.5 Å². The van der Waals surface area contributed by atoms with Crippen molar-refractivity contribution < 1.29 is 0 Å². The van der Waals surface area contributed by atoms with Crippen LogP contribution >= 0.6 is 0 Å². The highest BCUT2D eigenvalue weighted by Crippen LogP contribution is 2.11. The van der Waals surface area contributed by atoms with Gasteiger partial charge in [-0.15, -0.1) is 0 Å². The molecule has 0 aromatic carbocycles. The fourth-order valence-electron chi connectivity index (χ4n) is 1.53. The summed E-state index contributed by atoms with van der Waals surface area (Å²) in [7, 11) is 2.19. The average Bonchev–Trinajstić information content (AvgIpc) is 2.18. The molecule has 0 bridgehead atoms. The maximum Gasteiger partial charge on any atom is 0.00413 e. The van der Waals surface area contributed by atoms with E-state index in [9.17, 15) is 0 Å². The molecule has 86 valence electrons. The van der Waals surface area contributed by atoms with Crippen molar-refractivity contribution >= 4 is 0 Å². The lowest BCUT2D eigenvalue weighted by molar-refractivity contribution is 0.303. The third kappa shape index (κ3) is 7.15. The van der Waals surface area contributed by atoms with Gasteiger partial charge in [0.15, 0.2) is 0 Å². The molecule has 0 heterocycles. The van der Waals surface area contributed by atoms with Gasteiger partial charge in [-0.25, -0.2) is 0 Å².